The molecule has 1 aromatic carbocycles. The van der Waals surface area contributed by atoms with Crippen LogP contribution >= 0.6 is 0 Å². The van der Waals surface area contributed by atoms with Crippen molar-refractivity contribution in [2.45, 2.75) is 57.5 Å². The van der Waals surface area contributed by atoms with Gasteiger partial charge in [-0.05, 0) is 36.5 Å². The van der Waals surface area contributed by atoms with Crippen LogP contribution in [0.2, 0.25) is 0 Å². The molecule has 2 bridgehead atoms. The molecule has 2 aliphatic carbocycles. The number of nitrogens with zero attached hydrogens (tertiary/aromatic N) is 2. The summed E-state index contributed by atoms with van der Waals surface area (Å²) >= 11 is 0. The van der Waals surface area contributed by atoms with Crippen molar-refractivity contribution in [2.75, 3.05) is 0 Å². The normalized spacial score (nSPS) is 31.6. The lowest BCUT2D eigenvalue weighted by atomic mass is 9.65. The Morgan fingerprint density at radius 2 is 1.39 bits per heavy atom. The van der Waals surface area contributed by atoms with E-state index in [2.05, 4.69) is 32.7 Å². The fourth-order valence-corrected chi connectivity index (χ4v) is 4.56. The minimum atomic E-state index is -4.36. The molecule has 1 heterocycles. The molecule has 5 heteroatoms. The first-order valence-corrected chi connectivity index (χ1v) is 7.91. The van der Waals surface area contributed by atoms with Crippen molar-refractivity contribution in [1.29, 1.82) is 0 Å². The summed E-state index contributed by atoms with van der Waals surface area (Å²) in [5.74, 6) is 0. The SMILES string of the molecule is CC12CCC(C)(c3nc4cc(C(F)(F)F)ccc4nc31)C2(C)C. The van der Waals surface area contributed by atoms with Gasteiger partial charge >= 0.3 is 6.18 Å². The zero-order valence-corrected chi connectivity index (χ0v) is 13.7. The summed E-state index contributed by atoms with van der Waals surface area (Å²) in [5, 5.41) is 0. The molecule has 2 atom stereocenters. The third-order valence-corrected chi connectivity index (χ3v) is 6.92. The van der Waals surface area contributed by atoms with Crippen LogP contribution in [0, 0.1) is 5.41 Å². The van der Waals surface area contributed by atoms with Crippen LogP contribution in [0.15, 0.2) is 18.2 Å². The lowest BCUT2D eigenvalue weighted by Crippen LogP contribution is -2.38. The van der Waals surface area contributed by atoms with E-state index >= 15 is 0 Å². The third kappa shape index (κ3) is 1.56. The summed E-state index contributed by atoms with van der Waals surface area (Å²) in [6.45, 7) is 8.86. The van der Waals surface area contributed by atoms with Gasteiger partial charge in [-0.3, -0.25) is 0 Å². The molecule has 1 saturated carbocycles. The van der Waals surface area contributed by atoms with Crippen LogP contribution < -0.4 is 0 Å². The molecule has 0 spiro atoms. The number of fused-ring (bicyclic) bond motifs is 6. The van der Waals surface area contributed by atoms with Crippen molar-refractivity contribution in [2.24, 2.45) is 5.41 Å². The smallest absolute Gasteiger partial charge is 0.249 e. The van der Waals surface area contributed by atoms with E-state index in [1.54, 1.807) is 0 Å². The Bertz CT molecular complexity index is 840. The molecule has 1 fully saturated rings. The number of hydrogen-bond acceptors (Lipinski definition) is 2. The number of rotatable bonds is 0. The second-order valence-electron chi connectivity index (χ2n) is 7.91. The summed E-state index contributed by atoms with van der Waals surface area (Å²) in [4.78, 5) is 9.41. The van der Waals surface area contributed by atoms with Crippen LogP contribution in [0.5, 0.6) is 0 Å². The fraction of sp³-hybridized carbons (Fsp3) is 0.556. The molecule has 122 valence electrons. The van der Waals surface area contributed by atoms with Crippen molar-refractivity contribution in [3.05, 3.63) is 35.2 Å². The lowest BCUT2D eigenvalue weighted by molar-refractivity contribution is -0.137. The van der Waals surface area contributed by atoms with Crippen LogP contribution in [0.25, 0.3) is 11.0 Å². The standard InChI is InChI=1S/C18H19F3N2/c1-15(2)16(3)7-8-17(15,4)14-13(16)22-11-6-5-10(18(19,20)21)9-12(11)23-14/h5-6,9H,7-8H2,1-4H3. The first-order valence-electron chi connectivity index (χ1n) is 7.91. The Hall–Kier alpha value is -1.65. The average Bonchev–Trinajstić information content (AvgIpc) is 2.72. The van der Waals surface area contributed by atoms with Crippen LogP contribution in [-0.4, -0.2) is 9.97 Å². The van der Waals surface area contributed by atoms with Gasteiger partial charge < -0.3 is 0 Å². The summed E-state index contributed by atoms with van der Waals surface area (Å²) in [7, 11) is 0. The first-order chi connectivity index (χ1) is 10.5. The molecule has 0 N–H and O–H groups in total. The van der Waals surface area contributed by atoms with E-state index in [-0.39, 0.29) is 16.2 Å². The van der Waals surface area contributed by atoms with Gasteiger partial charge in [0.05, 0.1) is 28.0 Å². The van der Waals surface area contributed by atoms with E-state index in [9.17, 15) is 13.2 Å². The number of hydrogen-bond donors (Lipinski definition) is 0. The van der Waals surface area contributed by atoms with Gasteiger partial charge in [0.25, 0.3) is 0 Å². The van der Waals surface area contributed by atoms with E-state index in [0.717, 1.165) is 36.4 Å². The Labute approximate surface area is 133 Å². The summed E-state index contributed by atoms with van der Waals surface area (Å²) < 4.78 is 38.9. The van der Waals surface area contributed by atoms with Crippen molar-refractivity contribution < 1.29 is 13.2 Å². The molecule has 23 heavy (non-hydrogen) atoms. The van der Waals surface area contributed by atoms with Gasteiger partial charge in [0.2, 0.25) is 0 Å². The second-order valence-corrected chi connectivity index (χ2v) is 7.91. The Balaban J connectivity index is 2.01. The summed E-state index contributed by atoms with van der Waals surface area (Å²) in [6, 6.07) is 3.65. The van der Waals surface area contributed by atoms with Crippen molar-refractivity contribution >= 4 is 11.0 Å². The van der Waals surface area contributed by atoms with Crippen molar-refractivity contribution in [3.8, 4) is 0 Å². The molecule has 2 nitrogen and oxygen atoms in total. The van der Waals surface area contributed by atoms with Crippen molar-refractivity contribution in [3.63, 3.8) is 0 Å². The predicted octanol–water partition coefficient (Wildman–Crippen LogP) is 5.00. The molecule has 4 rings (SSSR count). The highest BCUT2D eigenvalue weighted by Gasteiger charge is 2.67. The number of aromatic nitrogens is 2. The molecule has 2 unspecified atom stereocenters. The average molecular weight is 320 g/mol. The highest BCUT2D eigenvalue weighted by molar-refractivity contribution is 5.76. The molecule has 0 saturated heterocycles. The fourth-order valence-electron chi connectivity index (χ4n) is 4.56. The molecule has 1 aromatic heterocycles. The highest BCUT2D eigenvalue weighted by atomic mass is 19.4. The molecule has 0 radical (unpaired) electrons. The minimum absolute atomic E-state index is 0.00737. The van der Waals surface area contributed by atoms with Crippen LogP contribution in [0.1, 0.15) is 57.5 Å². The van der Waals surface area contributed by atoms with Gasteiger partial charge in [0, 0.05) is 10.8 Å². The Morgan fingerprint density at radius 3 is 1.91 bits per heavy atom. The number of benzene rings is 1. The zero-order valence-electron chi connectivity index (χ0n) is 13.7. The van der Waals surface area contributed by atoms with Gasteiger partial charge in [-0.25, -0.2) is 9.97 Å². The molecule has 0 amide bonds. The largest absolute Gasteiger partial charge is 0.416 e. The maximum absolute atomic E-state index is 13.0. The third-order valence-electron chi connectivity index (χ3n) is 6.92. The Morgan fingerprint density at radius 1 is 0.870 bits per heavy atom. The highest BCUT2D eigenvalue weighted by Crippen LogP contribution is 2.69. The topological polar surface area (TPSA) is 25.8 Å². The van der Waals surface area contributed by atoms with Crippen LogP contribution in [0.4, 0.5) is 13.2 Å². The number of alkyl halides is 3. The quantitative estimate of drug-likeness (QED) is 0.683. The van der Waals surface area contributed by atoms with Gasteiger partial charge in [-0.2, -0.15) is 13.2 Å². The maximum Gasteiger partial charge on any atom is 0.416 e. The van der Waals surface area contributed by atoms with Gasteiger partial charge in [-0.15, -0.1) is 0 Å². The molecular formula is C18H19F3N2. The van der Waals surface area contributed by atoms with Crippen LogP contribution in [-0.2, 0) is 17.0 Å². The predicted molar refractivity (Wildman–Crippen MR) is 82.3 cm³/mol. The summed E-state index contributed by atoms with van der Waals surface area (Å²) in [6.07, 6.45) is -2.31. The van der Waals surface area contributed by atoms with E-state index in [1.165, 1.54) is 6.07 Å². The van der Waals surface area contributed by atoms with E-state index in [0.29, 0.717) is 11.0 Å². The summed E-state index contributed by atoms with van der Waals surface area (Å²) in [5.41, 5.74) is 1.88. The monoisotopic (exact) mass is 320 g/mol. The van der Waals surface area contributed by atoms with Gasteiger partial charge in [0.15, 0.2) is 0 Å². The Kier molecular flexibility index (Phi) is 2.51. The number of halogens is 3. The van der Waals surface area contributed by atoms with E-state index < -0.39 is 11.7 Å². The maximum atomic E-state index is 13.0. The van der Waals surface area contributed by atoms with Crippen LogP contribution in [0.3, 0.4) is 0 Å². The first kappa shape index (κ1) is 14.9. The van der Waals surface area contributed by atoms with E-state index in [4.69, 9.17) is 4.98 Å². The molecule has 0 aliphatic heterocycles. The van der Waals surface area contributed by atoms with E-state index in [1.807, 2.05) is 0 Å². The molecule has 2 aromatic rings. The lowest BCUT2D eigenvalue weighted by Gasteiger charge is -2.38. The zero-order chi connectivity index (χ0) is 16.8. The molecule has 2 aliphatic rings. The van der Waals surface area contributed by atoms with Gasteiger partial charge in [-0.1, -0.05) is 27.7 Å². The van der Waals surface area contributed by atoms with Gasteiger partial charge in [0.1, 0.15) is 0 Å². The molecular weight excluding hydrogens is 301 g/mol. The van der Waals surface area contributed by atoms with Crippen molar-refractivity contribution in [1.82, 2.24) is 9.97 Å². The minimum Gasteiger partial charge on any atom is -0.249 e. The second kappa shape index (κ2) is 3.87.